The van der Waals surface area contributed by atoms with Gasteiger partial charge in [-0.15, -0.1) is 0 Å². The van der Waals surface area contributed by atoms with Gasteiger partial charge in [0.25, 0.3) is 0 Å². The van der Waals surface area contributed by atoms with Crippen molar-refractivity contribution in [3.05, 3.63) is 42.5 Å². The van der Waals surface area contributed by atoms with E-state index in [1.54, 1.807) is 13.4 Å². The Morgan fingerprint density at radius 1 is 1.10 bits per heavy atom. The Bertz CT molecular complexity index is 951. The molecule has 21 heavy (non-hydrogen) atoms. The van der Waals surface area contributed by atoms with Gasteiger partial charge in [-0.05, 0) is 31.2 Å². The molecule has 0 unspecified atom stereocenters. The van der Waals surface area contributed by atoms with Crippen LogP contribution < -0.4 is 4.74 Å². The summed E-state index contributed by atoms with van der Waals surface area (Å²) in [5, 5.41) is 2.16. The van der Waals surface area contributed by atoms with E-state index in [9.17, 15) is 0 Å². The molecule has 4 aromatic rings. The van der Waals surface area contributed by atoms with Gasteiger partial charge in [0.1, 0.15) is 17.7 Å². The lowest BCUT2D eigenvalue weighted by Crippen LogP contribution is -1.83. The number of aryl methyl sites for hydroxylation is 1. The molecule has 3 heterocycles. The van der Waals surface area contributed by atoms with Gasteiger partial charge in [-0.1, -0.05) is 0 Å². The molecule has 5 nitrogen and oxygen atoms in total. The first-order valence-corrected chi connectivity index (χ1v) is 6.72. The Kier molecular flexibility index (Phi) is 2.47. The number of fused-ring (bicyclic) bond motifs is 2. The topological polar surface area (TPSA) is 66.6 Å². The third kappa shape index (κ3) is 1.78. The lowest BCUT2D eigenvalue weighted by Gasteiger charge is -2.00. The lowest BCUT2D eigenvalue weighted by atomic mass is 10.1. The molecular weight excluding hydrogens is 264 g/mol. The van der Waals surface area contributed by atoms with Crippen LogP contribution in [0.3, 0.4) is 0 Å². The number of nitrogens with one attached hydrogen (secondary N) is 2. The van der Waals surface area contributed by atoms with Crippen molar-refractivity contribution in [1.29, 1.82) is 0 Å². The van der Waals surface area contributed by atoms with Crippen LogP contribution in [0.1, 0.15) is 5.69 Å². The van der Waals surface area contributed by atoms with E-state index in [1.807, 2.05) is 31.3 Å². The molecule has 0 aliphatic heterocycles. The summed E-state index contributed by atoms with van der Waals surface area (Å²) in [6, 6.07) is 8.09. The number of H-pyrrole nitrogens is 2. The number of aromatic nitrogens is 4. The van der Waals surface area contributed by atoms with Crippen LogP contribution in [0.5, 0.6) is 5.75 Å². The van der Waals surface area contributed by atoms with Gasteiger partial charge in [0.05, 0.1) is 12.8 Å². The van der Waals surface area contributed by atoms with E-state index in [0.717, 1.165) is 44.6 Å². The number of ether oxygens (including phenoxy) is 1. The van der Waals surface area contributed by atoms with Crippen LogP contribution in [0.15, 0.2) is 36.8 Å². The van der Waals surface area contributed by atoms with E-state index in [4.69, 9.17) is 4.74 Å². The van der Waals surface area contributed by atoms with Crippen molar-refractivity contribution in [3.63, 3.8) is 0 Å². The van der Waals surface area contributed by atoms with E-state index in [0.29, 0.717) is 0 Å². The Morgan fingerprint density at radius 2 is 2.00 bits per heavy atom. The number of benzene rings is 1. The molecule has 4 rings (SSSR count). The molecule has 0 fully saturated rings. The highest BCUT2D eigenvalue weighted by Gasteiger charge is 2.11. The summed E-state index contributed by atoms with van der Waals surface area (Å²) in [4.78, 5) is 15.2. The Morgan fingerprint density at radius 3 is 2.81 bits per heavy atom. The number of hydrogen-bond acceptors (Lipinski definition) is 3. The monoisotopic (exact) mass is 278 g/mol. The van der Waals surface area contributed by atoms with Crippen LogP contribution >= 0.6 is 0 Å². The Hall–Kier alpha value is -2.82. The molecule has 0 saturated heterocycles. The van der Waals surface area contributed by atoms with Crippen LogP contribution in [-0.2, 0) is 0 Å². The number of methoxy groups -OCH3 is 1. The van der Waals surface area contributed by atoms with Gasteiger partial charge in [0, 0.05) is 33.7 Å². The Labute approximate surface area is 121 Å². The molecule has 0 radical (unpaired) electrons. The number of rotatable bonds is 2. The predicted molar refractivity (Wildman–Crippen MR) is 82.5 cm³/mol. The largest absolute Gasteiger partial charge is 0.497 e. The highest BCUT2D eigenvalue weighted by molar-refractivity contribution is 5.98. The zero-order chi connectivity index (χ0) is 14.4. The molecule has 5 heteroatoms. The standard InChI is InChI=1S/C16H14N4O/c1-9-11-6-15(20-16(11)19-8-18-9)13-7-17-14-4-3-10(21-2)5-12(13)14/h3-8,17H,1-2H3,(H,18,19,20). The Balaban J connectivity index is 1.97. The summed E-state index contributed by atoms with van der Waals surface area (Å²) >= 11 is 0. The van der Waals surface area contributed by atoms with Crippen molar-refractivity contribution >= 4 is 21.9 Å². The quantitative estimate of drug-likeness (QED) is 0.590. The van der Waals surface area contributed by atoms with Gasteiger partial charge in [0.15, 0.2) is 0 Å². The molecule has 2 N–H and O–H groups in total. The molecule has 0 amide bonds. The molecule has 104 valence electrons. The van der Waals surface area contributed by atoms with E-state index in [1.165, 1.54) is 0 Å². The molecule has 0 aliphatic carbocycles. The zero-order valence-electron chi connectivity index (χ0n) is 11.8. The second-order valence-corrected chi connectivity index (χ2v) is 5.02. The van der Waals surface area contributed by atoms with Crippen LogP contribution in [0.25, 0.3) is 33.2 Å². The van der Waals surface area contributed by atoms with Crippen molar-refractivity contribution in [2.75, 3.05) is 7.11 Å². The second kappa shape index (κ2) is 4.34. The highest BCUT2D eigenvalue weighted by atomic mass is 16.5. The van der Waals surface area contributed by atoms with Crippen molar-refractivity contribution in [2.45, 2.75) is 6.92 Å². The fraction of sp³-hybridized carbons (Fsp3) is 0.125. The SMILES string of the molecule is COc1ccc2[nH]cc(-c3cc4c(C)ncnc4[nH]3)c2c1. The minimum atomic E-state index is 0.843. The summed E-state index contributed by atoms with van der Waals surface area (Å²) in [6.45, 7) is 1.99. The van der Waals surface area contributed by atoms with Gasteiger partial charge in [-0.3, -0.25) is 0 Å². The average molecular weight is 278 g/mol. The first-order valence-electron chi connectivity index (χ1n) is 6.72. The molecule has 3 aromatic heterocycles. The maximum atomic E-state index is 5.31. The summed E-state index contributed by atoms with van der Waals surface area (Å²) < 4.78 is 5.31. The summed E-state index contributed by atoms with van der Waals surface area (Å²) in [5.41, 5.74) is 5.02. The fourth-order valence-electron chi connectivity index (χ4n) is 2.66. The molecule has 0 atom stereocenters. The third-order valence-corrected chi connectivity index (χ3v) is 3.80. The van der Waals surface area contributed by atoms with Crippen molar-refractivity contribution in [3.8, 4) is 17.0 Å². The molecule has 0 bridgehead atoms. The molecule has 0 saturated carbocycles. The van der Waals surface area contributed by atoms with Gasteiger partial charge >= 0.3 is 0 Å². The van der Waals surface area contributed by atoms with E-state index in [-0.39, 0.29) is 0 Å². The molecule has 0 spiro atoms. The van der Waals surface area contributed by atoms with Gasteiger partial charge < -0.3 is 14.7 Å². The number of nitrogens with zero attached hydrogens (tertiary/aromatic N) is 2. The average Bonchev–Trinajstić information content (AvgIpc) is 3.10. The maximum absolute atomic E-state index is 5.31. The second-order valence-electron chi connectivity index (χ2n) is 5.02. The first kappa shape index (κ1) is 12.0. The smallest absolute Gasteiger partial charge is 0.141 e. The minimum absolute atomic E-state index is 0.843. The fourth-order valence-corrected chi connectivity index (χ4v) is 2.66. The summed E-state index contributed by atoms with van der Waals surface area (Å²) in [7, 11) is 1.68. The van der Waals surface area contributed by atoms with E-state index < -0.39 is 0 Å². The van der Waals surface area contributed by atoms with E-state index >= 15 is 0 Å². The van der Waals surface area contributed by atoms with Crippen molar-refractivity contribution < 1.29 is 4.74 Å². The molecular formula is C16H14N4O. The van der Waals surface area contributed by atoms with Crippen molar-refractivity contribution in [2.24, 2.45) is 0 Å². The summed E-state index contributed by atoms with van der Waals surface area (Å²) in [5.74, 6) is 0.843. The highest BCUT2D eigenvalue weighted by Crippen LogP contribution is 2.32. The number of aromatic amines is 2. The molecule has 0 aliphatic rings. The van der Waals surface area contributed by atoms with Crippen LogP contribution in [-0.4, -0.2) is 27.0 Å². The van der Waals surface area contributed by atoms with Gasteiger partial charge in [-0.25, -0.2) is 9.97 Å². The van der Waals surface area contributed by atoms with Crippen LogP contribution in [0.2, 0.25) is 0 Å². The zero-order valence-corrected chi connectivity index (χ0v) is 11.8. The molecule has 1 aromatic carbocycles. The van der Waals surface area contributed by atoms with E-state index in [2.05, 4.69) is 26.0 Å². The predicted octanol–water partition coefficient (Wildman–Crippen LogP) is 3.42. The third-order valence-electron chi connectivity index (χ3n) is 3.80. The first-order chi connectivity index (χ1) is 10.3. The lowest BCUT2D eigenvalue weighted by molar-refractivity contribution is 0.415. The van der Waals surface area contributed by atoms with Crippen LogP contribution in [0.4, 0.5) is 0 Å². The summed E-state index contributed by atoms with van der Waals surface area (Å²) in [6.07, 6.45) is 3.58. The number of hydrogen-bond donors (Lipinski definition) is 2. The normalized spacial score (nSPS) is 11.3. The van der Waals surface area contributed by atoms with Gasteiger partial charge in [0.2, 0.25) is 0 Å². The maximum Gasteiger partial charge on any atom is 0.141 e. The van der Waals surface area contributed by atoms with Crippen LogP contribution in [0, 0.1) is 6.92 Å². The minimum Gasteiger partial charge on any atom is -0.497 e. The van der Waals surface area contributed by atoms with Gasteiger partial charge in [-0.2, -0.15) is 0 Å². The van der Waals surface area contributed by atoms with Crippen molar-refractivity contribution in [1.82, 2.24) is 19.9 Å².